The minimum Gasteiger partial charge on any atom is -0.256 e. The molecular weight excluding hydrogens is 395 g/mol. The lowest BCUT2D eigenvalue weighted by Gasteiger charge is -2.08. The highest BCUT2D eigenvalue weighted by molar-refractivity contribution is 7.98. The minimum absolute atomic E-state index is 0.130. The summed E-state index contributed by atoms with van der Waals surface area (Å²) in [6, 6.07) is 8.89. The molecule has 0 aliphatic carbocycles. The van der Waals surface area contributed by atoms with Gasteiger partial charge in [0.2, 0.25) is 5.82 Å². The fourth-order valence-electron chi connectivity index (χ4n) is 2.36. The molecule has 0 aliphatic rings. The largest absolute Gasteiger partial charge is 0.256 e. The first-order chi connectivity index (χ1) is 12.3. The first-order valence-corrected chi connectivity index (χ1v) is 8.60. The number of halogens is 6. The van der Waals surface area contributed by atoms with Crippen LogP contribution in [0.3, 0.4) is 0 Å². The Morgan fingerprint density at radius 2 is 1.46 bits per heavy atom. The molecule has 0 radical (unpaired) electrons. The summed E-state index contributed by atoms with van der Waals surface area (Å²) >= 11 is 6.65. The lowest BCUT2D eigenvalue weighted by molar-refractivity contribution is 0.361. The van der Waals surface area contributed by atoms with Gasteiger partial charge in [0, 0.05) is 23.9 Å². The summed E-state index contributed by atoms with van der Waals surface area (Å²) in [4.78, 5) is -0.958. The normalized spacial score (nSPS) is 11.2. The number of hydrogen-bond donors (Lipinski definition) is 0. The molecule has 0 atom stereocenters. The Labute approximate surface area is 154 Å². The zero-order chi connectivity index (χ0) is 19.0. The van der Waals surface area contributed by atoms with E-state index in [9.17, 15) is 22.0 Å². The van der Waals surface area contributed by atoms with Crippen molar-refractivity contribution in [2.75, 3.05) is 0 Å². The maximum atomic E-state index is 13.8. The van der Waals surface area contributed by atoms with Crippen molar-refractivity contribution in [2.45, 2.75) is 10.6 Å². The van der Waals surface area contributed by atoms with E-state index in [0.29, 0.717) is 28.6 Å². The summed E-state index contributed by atoms with van der Waals surface area (Å²) in [7, 11) is 1.58. The molecule has 0 unspecified atom stereocenters. The van der Waals surface area contributed by atoms with Gasteiger partial charge in [-0.2, -0.15) is 5.10 Å². The molecule has 3 rings (SSSR count). The van der Waals surface area contributed by atoms with E-state index in [1.54, 1.807) is 37.4 Å². The molecule has 26 heavy (non-hydrogen) atoms. The summed E-state index contributed by atoms with van der Waals surface area (Å²) in [5.41, 5.74) is 1.60. The lowest BCUT2D eigenvalue weighted by atomic mass is 10.1. The molecule has 9 heteroatoms. The van der Waals surface area contributed by atoms with Crippen LogP contribution in [-0.2, 0) is 12.8 Å². The molecule has 0 bridgehead atoms. The monoisotopic (exact) mass is 404 g/mol. The highest BCUT2D eigenvalue weighted by Gasteiger charge is 2.27. The second kappa shape index (κ2) is 7.28. The van der Waals surface area contributed by atoms with E-state index >= 15 is 0 Å². The van der Waals surface area contributed by atoms with Crippen molar-refractivity contribution in [3.8, 4) is 11.3 Å². The van der Waals surface area contributed by atoms with Gasteiger partial charge in [-0.05, 0) is 0 Å². The maximum absolute atomic E-state index is 13.8. The minimum atomic E-state index is -2.19. The van der Waals surface area contributed by atoms with Crippen LogP contribution in [0.15, 0.2) is 35.2 Å². The molecule has 0 saturated carbocycles. The molecule has 0 amide bonds. The number of rotatable bonds is 4. The fourth-order valence-corrected chi connectivity index (χ4v) is 3.63. The first kappa shape index (κ1) is 18.7. The smallest absolute Gasteiger partial charge is 0.200 e. The molecule has 0 spiro atoms. The summed E-state index contributed by atoms with van der Waals surface area (Å²) in [5.74, 6) is -10.0. The third kappa shape index (κ3) is 3.19. The van der Waals surface area contributed by atoms with Crippen LogP contribution in [0.2, 0.25) is 5.15 Å². The van der Waals surface area contributed by atoms with Gasteiger partial charge in [-0.3, -0.25) is 4.68 Å². The Morgan fingerprint density at radius 1 is 0.923 bits per heavy atom. The van der Waals surface area contributed by atoms with Crippen LogP contribution in [0, 0.1) is 29.1 Å². The topological polar surface area (TPSA) is 17.8 Å². The first-order valence-electron chi connectivity index (χ1n) is 7.24. The summed E-state index contributed by atoms with van der Waals surface area (Å²) in [6.07, 6.45) is 0. The second-order valence-corrected chi connectivity index (χ2v) is 6.64. The van der Waals surface area contributed by atoms with Gasteiger partial charge in [-0.25, -0.2) is 22.0 Å². The standard InChI is InChI=1S/C17H10ClF5N2S/c1-25-17(18)9(15(24-25)8-5-3-2-4-6-8)7-26-16-13(22)11(20)10(19)12(21)14(16)23/h2-6H,7H2,1H3. The fraction of sp³-hybridized carbons (Fsp3) is 0.118. The van der Waals surface area contributed by atoms with Gasteiger partial charge in [-0.1, -0.05) is 41.9 Å². The van der Waals surface area contributed by atoms with Crippen molar-refractivity contribution >= 4 is 23.4 Å². The summed E-state index contributed by atoms with van der Waals surface area (Å²) in [5, 5.41) is 4.47. The predicted octanol–water partition coefficient (Wildman–Crippen LogP) is 5.73. The zero-order valence-corrected chi connectivity index (χ0v) is 14.7. The van der Waals surface area contributed by atoms with Gasteiger partial charge in [0.1, 0.15) is 5.15 Å². The lowest BCUT2D eigenvalue weighted by Crippen LogP contribution is -2.03. The van der Waals surface area contributed by atoms with Crippen LogP contribution in [0.25, 0.3) is 11.3 Å². The number of nitrogens with zero attached hydrogens (tertiary/aromatic N) is 2. The predicted molar refractivity (Wildman–Crippen MR) is 89.4 cm³/mol. The van der Waals surface area contributed by atoms with E-state index in [1.165, 1.54) is 4.68 Å². The number of hydrogen-bond acceptors (Lipinski definition) is 2. The van der Waals surface area contributed by atoms with Crippen molar-refractivity contribution in [3.05, 3.63) is 70.1 Å². The second-order valence-electron chi connectivity index (χ2n) is 5.30. The Morgan fingerprint density at radius 3 is 2.04 bits per heavy atom. The van der Waals surface area contributed by atoms with Crippen LogP contribution >= 0.6 is 23.4 Å². The van der Waals surface area contributed by atoms with E-state index in [-0.39, 0.29) is 10.9 Å². The van der Waals surface area contributed by atoms with Gasteiger partial charge < -0.3 is 0 Å². The summed E-state index contributed by atoms with van der Waals surface area (Å²) < 4.78 is 68.9. The van der Waals surface area contributed by atoms with Crippen LogP contribution < -0.4 is 0 Å². The van der Waals surface area contributed by atoms with Crippen molar-refractivity contribution < 1.29 is 22.0 Å². The highest BCUT2D eigenvalue weighted by Crippen LogP contribution is 2.37. The number of thioether (sulfide) groups is 1. The molecule has 0 saturated heterocycles. The van der Waals surface area contributed by atoms with Crippen LogP contribution in [0.1, 0.15) is 5.56 Å². The van der Waals surface area contributed by atoms with E-state index in [2.05, 4.69) is 5.10 Å². The molecule has 1 heterocycles. The van der Waals surface area contributed by atoms with E-state index in [0.717, 1.165) is 0 Å². The van der Waals surface area contributed by atoms with E-state index in [1.807, 2.05) is 0 Å². The molecule has 136 valence electrons. The quantitative estimate of drug-likeness (QED) is 0.239. The zero-order valence-electron chi connectivity index (χ0n) is 13.2. The maximum Gasteiger partial charge on any atom is 0.200 e. The van der Waals surface area contributed by atoms with E-state index < -0.39 is 34.0 Å². The summed E-state index contributed by atoms with van der Waals surface area (Å²) in [6.45, 7) is 0. The molecule has 0 N–H and O–H groups in total. The molecular formula is C17H10ClF5N2S. The van der Waals surface area contributed by atoms with Crippen molar-refractivity contribution in [3.63, 3.8) is 0 Å². The van der Waals surface area contributed by atoms with Gasteiger partial charge in [-0.15, -0.1) is 11.8 Å². The molecule has 1 aromatic heterocycles. The molecule has 2 nitrogen and oxygen atoms in total. The molecule has 2 aromatic carbocycles. The van der Waals surface area contributed by atoms with Gasteiger partial charge >= 0.3 is 0 Å². The highest BCUT2D eigenvalue weighted by atomic mass is 35.5. The Hall–Kier alpha value is -2.06. The van der Waals surface area contributed by atoms with E-state index in [4.69, 9.17) is 11.6 Å². The molecule has 0 fully saturated rings. The van der Waals surface area contributed by atoms with Crippen molar-refractivity contribution in [1.29, 1.82) is 0 Å². The molecule has 3 aromatic rings. The van der Waals surface area contributed by atoms with Gasteiger partial charge in [0.15, 0.2) is 23.3 Å². The van der Waals surface area contributed by atoms with Crippen LogP contribution in [-0.4, -0.2) is 9.78 Å². The Kier molecular flexibility index (Phi) is 5.24. The van der Waals surface area contributed by atoms with Gasteiger partial charge in [0.25, 0.3) is 0 Å². The SMILES string of the molecule is Cn1nc(-c2ccccc2)c(CSc2c(F)c(F)c(F)c(F)c2F)c1Cl. The number of benzene rings is 2. The van der Waals surface area contributed by atoms with Crippen LogP contribution in [0.5, 0.6) is 0 Å². The number of aromatic nitrogens is 2. The van der Waals surface area contributed by atoms with Crippen molar-refractivity contribution in [1.82, 2.24) is 9.78 Å². The van der Waals surface area contributed by atoms with Crippen molar-refractivity contribution in [2.24, 2.45) is 7.05 Å². The Bertz CT molecular complexity index is 946. The third-order valence-corrected chi connectivity index (χ3v) is 5.20. The number of aryl methyl sites for hydroxylation is 1. The average molecular weight is 405 g/mol. The Balaban J connectivity index is 2.00. The average Bonchev–Trinajstić information content (AvgIpc) is 2.94. The van der Waals surface area contributed by atoms with Crippen LogP contribution in [0.4, 0.5) is 22.0 Å². The third-order valence-electron chi connectivity index (χ3n) is 3.65. The van der Waals surface area contributed by atoms with Gasteiger partial charge in [0.05, 0.1) is 10.6 Å². The molecule has 0 aliphatic heterocycles.